The maximum Gasteiger partial charge on any atom is 0.130 e. The Labute approximate surface area is 115 Å². The molecule has 1 nitrogen and oxygen atoms in total. The zero-order valence-corrected chi connectivity index (χ0v) is 12.5. The Balaban J connectivity index is 2.66. The van der Waals surface area contributed by atoms with Gasteiger partial charge in [-0.1, -0.05) is 33.8 Å². The van der Waals surface area contributed by atoms with Gasteiger partial charge in [0.1, 0.15) is 11.6 Å². The van der Waals surface area contributed by atoms with E-state index in [2.05, 4.69) is 33.0 Å². The summed E-state index contributed by atoms with van der Waals surface area (Å²) < 4.78 is 26.5. The molecule has 0 aliphatic heterocycles. The van der Waals surface area contributed by atoms with Gasteiger partial charge in [0.05, 0.1) is 0 Å². The van der Waals surface area contributed by atoms with Gasteiger partial charge in [0.2, 0.25) is 0 Å². The lowest BCUT2D eigenvalue weighted by atomic mass is 9.85. The van der Waals surface area contributed by atoms with Crippen LogP contribution < -0.4 is 5.32 Å². The minimum atomic E-state index is -0.532. The Hall–Kier alpha value is -0.960. The molecule has 1 N–H and O–H groups in total. The third-order valence-corrected chi connectivity index (χ3v) is 3.80. The Bertz CT molecular complexity index is 394. The van der Waals surface area contributed by atoms with Crippen LogP contribution in [-0.2, 0) is 0 Å². The maximum absolute atomic E-state index is 13.7. The second-order valence-electron chi connectivity index (χ2n) is 5.95. The summed E-state index contributed by atoms with van der Waals surface area (Å²) in [5, 5.41) is 3.36. The second kappa shape index (κ2) is 6.99. The first-order valence-corrected chi connectivity index (χ1v) is 7.01. The molecule has 0 heterocycles. The van der Waals surface area contributed by atoms with E-state index in [-0.39, 0.29) is 6.04 Å². The van der Waals surface area contributed by atoms with Crippen molar-refractivity contribution in [3.05, 3.63) is 35.4 Å². The molecule has 0 fully saturated rings. The molecule has 1 unspecified atom stereocenters. The summed E-state index contributed by atoms with van der Waals surface area (Å²) in [5.41, 5.74) is 0.521. The van der Waals surface area contributed by atoms with Gasteiger partial charge in [-0.3, -0.25) is 0 Å². The molecular weight excluding hydrogens is 244 g/mol. The first-order valence-electron chi connectivity index (χ1n) is 7.01. The van der Waals surface area contributed by atoms with Crippen LogP contribution in [0.1, 0.15) is 46.2 Å². The van der Waals surface area contributed by atoms with Crippen molar-refractivity contribution >= 4 is 0 Å². The fraction of sp³-hybridized carbons (Fsp3) is 0.625. The molecule has 108 valence electrons. The molecule has 19 heavy (non-hydrogen) atoms. The summed E-state index contributed by atoms with van der Waals surface area (Å²) in [4.78, 5) is 0. The summed E-state index contributed by atoms with van der Waals surface area (Å²) >= 11 is 0. The molecule has 1 aromatic carbocycles. The van der Waals surface area contributed by atoms with Crippen LogP contribution in [0.3, 0.4) is 0 Å². The van der Waals surface area contributed by atoms with Crippen LogP contribution in [0.15, 0.2) is 18.2 Å². The number of nitrogens with one attached hydrogen (secondary N) is 1. The van der Waals surface area contributed by atoms with E-state index in [9.17, 15) is 8.78 Å². The normalized spacial score (nSPS) is 13.6. The number of hydrogen-bond acceptors (Lipinski definition) is 1. The van der Waals surface area contributed by atoms with Crippen molar-refractivity contribution in [3.8, 4) is 0 Å². The number of benzene rings is 1. The summed E-state index contributed by atoms with van der Waals surface area (Å²) in [6, 6.07) is 3.65. The highest BCUT2D eigenvalue weighted by Crippen LogP contribution is 2.22. The third kappa shape index (κ3) is 4.57. The van der Waals surface area contributed by atoms with Crippen LogP contribution in [0.2, 0.25) is 0 Å². The molecule has 1 aromatic rings. The van der Waals surface area contributed by atoms with Crippen molar-refractivity contribution in [2.24, 2.45) is 17.8 Å². The fourth-order valence-corrected chi connectivity index (χ4v) is 2.52. The lowest BCUT2D eigenvalue weighted by molar-refractivity contribution is 0.267. The molecule has 0 amide bonds. The standard InChI is InChI=1S/C16H25F2N/c1-10(2)15(11(3)4)9-19-12(5)14-7-6-13(17)8-16(14)18/h6-8,10-12,15,19H,9H2,1-5H3. The Morgan fingerprint density at radius 2 is 1.58 bits per heavy atom. The van der Waals surface area contributed by atoms with Crippen LogP contribution in [0.5, 0.6) is 0 Å². The van der Waals surface area contributed by atoms with E-state index in [0.717, 1.165) is 12.6 Å². The van der Waals surface area contributed by atoms with Gasteiger partial charge in [0.25, 0.3) is 0 Å². The van der Waals surface area contributed by atoms with Gasteiger partial charge >= 0.3 is 0 Å². The number of hydrogen-bond donors (Lipinski definition) is 1. The smallest absolute Gasteiger partial charge is 0.130 e. The molecule has 3 heteroatoms. The monoisotopic (exact) mass is 269 g/mol. The van der Waals surface area contributed by atoms with Crippen molar-refractivity contribution in [1.29, 1.82) is 0 Å². The van der Waals surface area contributed by atoms with Gasteiger partial charge in [-0.25, -0.2) is 8.78 Å². The van der Waals surface area contributed by atoms with Gasteiger partial charge < -0.3 is 5.32 Å². The minimum Gasteiger partial charge on any atom is -0.310 e. The van der Waals surface area contributed by atoms with Crippen molar-refractivity contribution in [2.75, 3.05) is 6.54 Å². The van der Waals surface area contributed by atoms with E-state index in [1.165, 1.54) is 12.1 Å². The highest BCUT2D eigenvalue weighted by molar-refractivity contribution is 5.21. The SMILES string of the molecule is CC(NCC(C(C)C)C(C)C)c1ccc(F)cc1F. The van der Waals surface area contributed by atoms with Gasteiger partial charge in [-0.2, -0.15) is 0 Å². The van der Waals surface area contributed by atoms with Gasteiger partial charge in [-0.05, 0) is 37.3 Å². The first kappa shape index (κ1) is 16.1. The average Bonchev–Trinajstić information content (AvgIpc) is 2.27. The van der Waals surface area contributed by atoms with E-state index in [0.29, 0.717) is 23.3 Å². The third-order valence-electron chi connectivity index (χ3n) is 3.80. The van der Waals surface area contributed by atoms with Crippen molar-refractivity contribution in [1.82, 2.24) is 5.32 Å². The van der Waals surface area contributed by atoms with Crippen LogP contribution in [0.4, 0.5) is 8.78 Å². The predicted octanol–water partition coefficient (Wildman–Crippen LogP) is 4.54. The van der Waals surface area contributed by atoms with Crippen molar-refractivity contribution in [3.63, 3.8) is 0 Å². The van der Waals surface area contributed by atoms with Crippen LogP contribution in [-0.4, -0.2) is 6.54 Å². The summed E-state index contributed by atoms with van der Waals surface area (Å²) in [6.45, 7) is 11.6. The average molecular weight is 269 g/mol. The summed E-state index contributed by atoms with van der Waals surface area (Å²) in [5.74, 6) is 0.697. The first-order chi connectivity index (χ1) is 8.82. The van der Waals surface area contributed by atoms with Crippen LogP contribution in [0, 0.1) is 29.4 Å². The summed E-state index contributed by atoms with van der Waals surface area (Å²) in [7, 11) is 0. The topological polar surface area (TPSA) is 12.0 Å². The Morgan fingerprint density at radius 1 is 1.00 bits per heavy atom. The molecule has 0 aromatic heterocycles. The number of halogens is 2. The van der Waals surface area contributed by atoms with Crippen LogP contribution in [0.25, 0.3) is 0 Å². The minimum absolute atomic E-state index is 0.111. The molecule has 0 saturated heterocycles. The quantitative estimate of drug-likeness (QED) is 0.799. The van der Waals surface area contributed by atoms with E-state index in [1.54, 1.807) is 0 Å². The van der Waals surface area contributed by atoms with Crippen LogP contribution >= 0.6 is 0 Å². The maximum atomic E-state index is 13.7. The predicted molar refractivity (Wildman–Crippen MR) is 75.9 cm³/mol. The van der Waals surface area contributed by atoms with Gasteiger partial charge in [0, 0.05) is 17.7 Å². The largest absolute Gasteiger partial charge is 0.310 e. The fourth-order valence-electron chi connectivity index (χ4n) is 2.52. The molecule has 0 spiro atoms. The lowest BCUT2D eigenvalue weighted by Crippen LogP contribution is -2.31. The lowest BCUT2D eigenvalue weighted by Gasteiger charge is -2.27. The Kier molecular flexibility index (Phi) is 5.92. The summed E-state index contributed by atoms with van der Waals surface area (Å²) in [6.07, 6.45) is 0. The molecule has 0 saturated carbocycles. The van der Waals surface area contributed by atoms with E-state index in [1.807, 2.05) is 6.92 Å². The van der Waals surface area contributed by atoms with Crippen molar-refractivity contribution in [2.45, 2.75) is 40.7 Å². The zero-order valence-electron chi connectivity index (χ0n) is 12.5. The molecule has 0 aliphatic carbocycles. The molecule has 0 radical (unpaired) electrons. The van der Waals surface area contributed by atoms with Crippen molar-refractivity contribution < 1.29 is 8.78 Å². The Morgan fingerprint density at radius 3 is 2.05 bits per heavy atom. The number of rotatable bonds is 6. The highest BCUT2D eigenvalue weighted by Gasteiger charge is 2.19. The molecule has 0 aliphatic rings. The van der Waals surface area contributed by atoms with E-state index >= 15 is 0 Å². The van der Waals surface area contributed by atoms with E-state index in [4.69, 9.17) is 0 Å². The molecule has 0 bridgehead atoms. The molecule has 1 rings (SSSR count). The molecular formula is C16H25F2N. The van der Waals surface area contributed by atoms with Gasteiger partial charge in [-0.15, -0.1) is 0 Å². The zero-order chi connectivity index (χ0) is 14.6. The van der Waals surface area contributed by atoms with Gasteiger partial charge in [0.15, 0.2) is 0 Å². The highest BCUT2D eigenvalue weighted by atomic mass is 19.1. The molecule has 1 atom stereocenters. The second-order valence-corrected chi connectivity index (χ2v) is 5.95. The van der Waals surface area contributed by atoms with E-state index < -0.39 is 11.6 Å².